The van der Waals surface area contributed by atoms with Crippen LogP contribution in [0.3, 0.4) is 0 Å². The van der Waals surface area contributed by atoms with Crippen LogP contribution in [0, 0.1) is 6.92 Å². The molecule has 3 heteroatoms. The van der Waals surface area contributed by atoms with E-state index in [2.05, 4.69) is 122 Å². The van der Waals surface area contributed by atoms with Gasteiger partial charge in [0.05, 0.1) is 0 Å². The number of pyridine rings is 1. The van der Waals surface area contributed by atoms with Crippen LogP contribution in [-0.2, 0) is 7.05 Å². The van der Waals surface area contributed by atoms with Gasteiger partial charge in [-0.2, -0.15) is 4.57 Å². The molecule has 34 heavy (non-hydrogen) atoms. The summed E-state index contributed by atoms with van der Waals surface area (Å²) in [5.41, 5.74) is 9.53. The van der Waals surface area contributed by atoms with Gasteiger partial charge in [-0.05, 0) is 79.9 Å². The number of halogens is 1. The maximum Gasteiger partial charge on any atom is 0.213 e. The number of aromatic nitrogens is 1. The van der Waals surface area contributed by atoms with Crippen LogP contribution < -0.4 is 9.47 Å². The van der Waals surface area contributed by atoms with Gasteiger partial charge in [0.25, 0.3) is 0 Å². The molecule has 0 spiro atoms. The van der Waals surface area contributed by atoms with Gasteiger partial charge < -0.3 is 4.90 Å². The quantitative estimate of drug-likeness (QED) is 0.251. The zero-order valence-electron chi connectivity index (χ0n) is 20.4. The van der Waals surface area contributed by atoms with Crippen molar-refractivity contribution in [2.75, 3.05) is 18.0 Å². The normalized spacial score (nSPS) is 11.2. The number of hydrogen-bond donors (Lipinski definition) is 0. The van der Waals surface area contributed by atoms with Gasteiger partial charge in [-0.1, -0.05) is 53.6 Å². The summed E-state index contributed by atoms with van der Waals surface area (Å²) in [4.78, 5) is 2.36. The minimum atomic E-state index is 0.747. The average molecular weight is 468 g/mol. The average Bonchev–Trinajstić information content (AvgIpc) is 2.86. The summed E-state index contributed by atoms with van der Waals surface area (Å²) in [7, 11) is 2.13. The predicted octanol–water partition coefficient (Wildman–Crippen LogP) is 7.82. The van der Waals surface area contributed by atoms with Gasteiger partial charge >= 0.3 is 0 Å². The first-order valence-corrected chi connectivity index (χ1v) is 12.3. The van der Waals surface area contributed by atoms with Crippen molar-refractivity contribution in [3.63, 3.8) is 0 Å². The molecule has 1 aromatic heterocycles. The van der Waals surface area contributed by atoms with Crippen molar-refractivity contribution in [1.82, 2.24) is 0 Å². The molecule has 0 aliphatic carbocycles. The van der Waals surface area contributed by atoms with Gasteiger partial charge in [-0.15, -0.1) is 0 Å². The third-order valence-electron chi connectivity index (χ3n) is 6.34. The smallest absolute Gasteiger partial charge is 0.213 e. The summed E-state index contributed by atoms with van der Waals surface area (Å²) in [5.74, 6) is 0. The van der Waals surface area contributed by atoms with Gasteiger partial charge in [0.2, 0.25) is 11.4 Å². The monoisotopic (exact) mass is 467 g/mol. The Labute approximate surface area is 208 Å². The molecule has 0 aliphatic heterocycles. The molecule has 0 bridgehead atoms. The maximum atomic E-state index is 6.15. The number of benzene rings is 3. The molecular formula is C31H32ClN2+. The van der Waals surface area contributed by atoms with Gasteiger partial charge in [0, 0.05) is 47.6 Å². The zero-order chi connectivity index (χ0) is 24.1. The fourth-order valence-corrected chi connectivity index (χ4v) is 4.34. The second kappa shape index (κ2) is 10.7. The van der Waals surface area contributed by atoms with E-state index in [1.165, 1.54) is 33.6 Å². The van der Waals surface area contributed by atoms with Crippen LogP contribution in [0.4, 0.5) is 5.69 Å². The molecule has 0 unspecified atom stereocenters. The van der Waals surface area contributed by atoms with Gasteiger partial charge in [0.1, 0.15) is 7.05 Å². The molecule has 0 N–H and O–H groups in total. The Morgan fingerprint density at radius 1 is 0.735 bits per heavy atom. The zero-order valence-corrected chi connectivity index (χ0v) is 21.2. The van der Waals surface area contributed by atoms with Gasteiger partial charge in [0.15, 0.2) is 0 Å². The van der Waals surface area contributed by atoms with Crippen LogP contribution in [0.5, 0.6) is 0 Å². The Morgan fingerprint density at radius 3 is 1.97 bits per heavy atom. The fraction of sp³-hybridized carbons (Fsp3) is 0.194. The molecule has 0 amide bonds. The van der Waals surface area contributed by atoms with E-state index in [0.717, 1.165) is 29.4 Å². The van der Waals surface area contributed by atoms with Crippen molar-refractivity contribution in [3.05, 3.63) is 107 Å². The number of rotatable bonds is 7. The second-order valence-corrected chi connectivity index (χ2v) is 9.02. The van der Waals surface area contributed by atoms with E-state index in [4.69, 9.17) is 11.6 Å². The molecule has 172 valence electrons. The molecule has 2 nitrogen and oxygen atoms in total. The minimum Gasteiger partial charge on any atom is -0.372 e. The van der Waals surface area contributed by atoms with Crippen LogP contribution in [0.1, 0.15) is 30.7 Å². The first kappa shape index (κ1) is 23.8. The molecule has 0 saturated heterocycles. The molecule has 1 heterocycles. The summed E-state index contributed by atoms with van der Waals surface area (Å²) in [6.07, 6.45) is 4.38. The Kier molecular flexibility index (Phi) is 7.49. The van der Waals surface area contributed by atoms with Gasteiger partial charge in [-0.3, -0.25) is 0 Å². The number of anilines is 1. The molecule has 0 atom stereocenters. The maximum absolute atomic E-state index is 6.15. The summed E-state index contributed by atoms with van der Waals surface area (Å²) >= 11 is 6.15. The lowest BCUT2D eigenvalue weighted by molar-refractivity contribution is -0.662. The van der Waals surface area contributed by atoms with Crippen molar-refractivity contribution >= 4 is 29.4 Å². The van der Waals surface area contributed by atoms with E-state index >= 15 is 0 Å². The number of hydrogen-bond acceptors (Lipinski definition) is 1. The largest absolute Gasteiger partial charge is 0.372 e. The van der Waals surface area contributed by atoms with Crippen molar-refractivity contribution in [2.45, 2.75) is 20.8 Å². The minimum absolute atomic E-state index is 0.747. The van der Waals surface area contributed by atoms with E-state index in [1.807, 2.05) is 12.1 Å². The molecule has 4 aromatic rings. The topological polar surface area (TPSA) is 7.12 Å². The lowest BCUT2D eigenvalue weighted by atomic mass is 10.0. The lowest BCUT2D eigenvalue weighted by Crippen LogP contribution is -2.34. The summed E-state index contributed by atoms with van der Waals surface area (Å²) in [6.45, 7) is 8.53. The van der Waals surface area contributed by atoms with Crippen molar-refractivity contribution < 1.29 is 4.57 Å². The first-order valence-electron chi connectivity index (χ1n) is 11.9. The standard InChI is InChI=1S/C31H32ClN2/c1-5-34(6-2)29-18-9-24(10-19-29)11-20-30-21-27(25-14-16-28(32)17-15-25)22-31(33(30)4)26-12-7-23(3)8-13-26/h7-22H,5-6H2,1-4H3/q+1. The first-order chi connectivity index (χ1) is 16.5. The molecular weight excluding hydrogens is 436 g/mol. The lowest BCUT2D eigenvalue weighted by Gasteiger charge is -2.20. The third kappa shape index (κ3) is 5.40. The highest BCUT2D eigenvalue weighted by Gasteiger charge is 2.16. The van der Waals surface area contributed by atoms with Crippen molar-refractivity contribution in [3.8, 4) is 22.4 Å². The van der Waals surface area contributed by atoms with Crippen LogP contribution in [0.25, 0.3) is 34.5 Å². The molecule has 3 aromatic carbocycles. The summed E-state index contributed by atoms with van der Waals surface area (Å²) in [6, 6.07) is 30.0. The van der Waals surface area contributed by atoms with E-state index in [9.17, 15) is 0 Å². The Morgan fingerprint density at radius 2 is 1.35 bits per heavy atom. The van der Waals surface area contributed by atoms with E-state index in [-0.39, 0.29) is 0 Å². The Hall–Kier alpha value is -3.36. The summed E-state index contributed by atoms with van der Waals surface area (Å²) in [5, 5.41) is 0.747. The Bertz CT molecular complexity index is 1270. The van der Waals surface area contributed by atoms with Crippen molar-refractivity contribution in [2.24, 2.45) is 7.05 Å². The molecule has 0 saturated carbocycles. The Balaban J connectivity index is 1.75. The fourth-order valence-electron chi connectivity index (χ4n) is 4.22. The highest BCUT2D eigenvalue weighted by molar-refractivity contribution is 6.30. The van der Waals surface area contributed by atoms with Crippen LogP contribution in [0.2, 0.25) is 5.02 Å². The highest BCUT2D eigenvalue weighted by Crippen LogP contribution is 2.27. The highest BCUT2D eigenvalue weighted by atomic mass is 35.5. The molecule has 0 fully saturated rings. The molecule has 0 radical (unpaired) electrons. The van der Waals surface area contributed by atoms with E-state index in [1.54, 1.807) is 0 Å². The van der Waals surface area contributed by atoms with Crippen LogP contribution >= 0.6 is 11.6 Å². The van der Waals surface area contributed by atoms with Crippen LogP contribution in [0.15, 0.2) is 84.9 Å². The van der Waals surface area contributed by atoms with Gasteiger partial charge in [-0.25, -0.2) is 0 Å². The molecule has 4 rings (SSSR count). The molecule has 0 aliphatic rings. The van der Waals surface area contributed by atoms with Crippen LogP contribution in [-0.4, -0.2) is 13.1 Å². The SMILES string of the molecule is CCN(CC)c1ccc(/C=C/c2cc(-c3ccc(Cl)cc3)cc(-c3ccc(C)cc3)[n+]2C)cc1. The van der Waals surface area contributed by atoms with E-state index in [0.29, 0.717) is 0 Å². The number of aryl methyl sites for hydroxylation is 1. The number of nitrogens with zero attached hydrogens (tertiary/aromatic N) is 2. The van der Waals surface area contributed by atoms with E-state index < -0.39 is 0 Å². The van der Waals surface area contributed by atoms with Crippen molar-refractivity contribution in [1.29, 1.82) is 0 Å². The summed E-state index contributed by atoms with van der Waals surface area (Å²) < 4.78 is 2.25. The second-order valence-electron chi connectivity index (χ2n) is 8.58. The third-order valence-corrected chi connectivity index (χ3v) is 6.59. The predicted molar refractivity (Wildman–Crippen MR) is 147 cm³/mol.